The van der Waals surface area contributed by atoms with Crippen molar-refractivity contribution in [2.45, 2.75) is 76.0 Å². The Labute approximate surface area is 237 Å². The van der Waals surface area contributed by atoms with Crippen LogP contribution in [0.15, 0.2) is 30.6 Å². The molecule has 2 bridgehead atoms. The van der Waals surface area contributed by atoms with Gasteiger partial charge in [0, 0.05) is 19.1 Å². The largest absolute Gasteiger partial charge is 0.444 e. The van der Waals surface area contributed by atoms with Crippen LogP contribution < -0.4 is 10.2 Å². The molecule has 1 unspecified atom stereocenters. The Morgan fingerprint density at radius 1 is 1.18 bits per heavy atom. The Morgan fingerprint density at radius 3 is 2.60 bits per heavy atom. The number of piperazine rings is 1. The first-order chi connectivity index (χ1) is 19.1. The monoisotopic (exact) mass is 563 g/mol. The molecule has 3 aliphatic heterocycles. The normalized spacial score (nSPS) is 21.6. The molecular weight excluding hydrogens is 533 g/mol. The molecule has 5 heterocycles. The minimum Gasteiger partial charge on any atom is -0.444 e. The maximum absolute atomic E-state index is 15.4. The fourth-order valence-electron chi connectivity index (χ4n) is 5.95. The Balaban J connectivity index is 1.27. The molecule has 1 aliphatic carbocycles. The molecular formula is C29H31ClFN7O2. The standard InChI is InChI=1S/C29H31ClFN7O2/c1-28(2,3)40-27(39)38-14-17-5-6-18(38)13-37(17)22-10-9-21-25(36-22)26(34-16-33-21)35-20-8-7-19(23(30)24(20)31)29(15-32)11-4-12-29/h7-10,16-18H,4-6,11-14H2,1-3H3,(H,33,34,35)/t17?,18-/m0/s1. The maximum Gasteiger partial charge on any atom is 0.410 e. The number of halogens is 2. The summed E-state index contributed by atoms with van der Waals surface area (Å²) in [7, 11) is 0. The second kappa shape index (κ2) is 9.73. The predicted molar refractivity (Wildman–Crippen MR) is 150 cm³/mol. The van der Waals surface area contributed by atoms with Crippen molar-refractivity contribution in [2.24, 2.45) is 0 Å². The summed E-state index contributed by atoms with van der Waals surface area (Å²) in [6.07, 6.45) is 5.25. The van der Waals surface area contributed by atoms with E-state index in [1.54, 1.807) is 12.1 Å². The molecule has 208 valence electrons. The fourth-order valence-corrected chi connectivity index (χ4v) is 6.29. The topological polar surface area (TPSA) is 107 Å². The number of carbonyl (C=O) groups excluding carboxylic acids is 1. The number of carbonyl (C=O) groups is 1. The van der Waals surface area contributed by atoms with Crippen molar-refractivity contribution in [2.75, 3.05) is 23.3 Å². The molecule has 4 fully saturated rings. The van der Waals surface area contributed by atoms with E-state index < -0.39 is 16.8 Å². The van der Waals surface area contributed by atoms with Crippen LogP contribution in [-0.2, 0) is 10.2 Å². The van der Waals surface area contributed by atoms with Gasteiger partial charge in [0.2, 0.25) is 0 Å². The van der Waals surface area contributed by atoms with E-state index in [0.29, 0.717) is 48.3 Å². The van der Waals surface area contributed by atoms with Crippen LogP contribution in [0.5, 0.6) is 0 Å². The van der Waals surface area contributed by atoms with Gasteiger partial charge in [0.15, 0.2) is 11.6 Å². The smallest absolute Gasteiger partial charge is 0.410 e. The lowest BCUT2D eigenvalue weighted by Crippen LogP contribution is -2.64. The van der Waals surface area contributed by atoms with Gasteiger partial charge in [0.05, 0.1) is 33.8 Å². The molecule has 7 rings (SSSR count). The van der Waals surface area contributed by atoms with Gasteiger partial charge >= 0.3 is 6.09 Å². The number of benzene rings is 1. The van der Waals surface area contributed by atoms with E-state index >= 15 is 4.39 Å². The molecule has 11 heteroatoms. The summed E-state index contributed by atoms with van der Waals surface area (Å²) in [6, 6.07) is 9.57. The zero-order valence-electron chi connectivity index (χ0n) is 22.7. The van der Waals surface area contributed by atoms with Gasteiger partial charge in [-0.2, -0.15) is 5.26 Å². The number of ether oxygens (including phenoxy) is 1. The number of rotatable bonds is 4. The van der Waals surface area contributed by atoms with Crippen molar-refractivity contribution in [1.29, 1.82) is 5.26 Å². The van der Waals surface area contributed by atoms with Crippen LogP contribution in [0.3, 0.4) is 0 Å². The Morgan fingerprint density at radius 2 is 1.95 bits per heavy atom. The summed E-state index contributed by atoms with van der Waals surface area (Å²) in [5.74, 6) is 0.476. The average Bonchev–Trinajstić information content (AvgIpc) is 2.91. The summed E-state index contributed by atoms with van der Waals surface area (Å²) in [5, 5.41) is 12.7. The molecule has 3 saturated heterocycles. The highest BCUT2D eigenvalue weighted by atomic mass is 35.5. The van der Waals surface area contributed by atoms with Crippen LogP contribution in [0.4, 0.5) is 26.5 Å². The van der Waals surface area contributed by atoms with Crippen molar-refractivity contribution in [1.82, 2.24) is 19.9 Å². The van der Waals surface area contributed by atoms with Gasteiger partial charge in [-0.15, -0.1) is 0 Å². The molecule has 0 spiro atoms. The van der Waals surface area contributed by atoms with E-state index in [0.717, 1.165) is 25.1 Å². The molecule has 40 heavy (non-hydrogen) atoms. The van der Waals surface area contributed by atoms with E-state index in [1.165, 1.54) is 6.33 Å². The van der Waals surface area contributed by atoms with Crippen molar-refractivity contribution < 1.29 is 13.9 Å². The second-order valence-electron chi connectivity index (χ2n) is 11.9. The number of pyridine rings is 1. The van der Waals surface area contributed by atoms with Crippen LogP contribution in [0, 0.1) is 17.1 Å². The first-order valence-electron chi connectivity index (χ1n) is 13.6. The zero-order valence-corrected chi connectivity index (χ0v) is 23.5. The number of hydrogen-bond donors (Lipinski definition) is 1. The minimum atomic E-state index is -0.721. The summed E-state index contributed by atoms with van der Waals surface area (Å²) in [6.45, 7) is 6.83. The molecule has 2 atom stereocenters. The summed E-state index contributed by atoms with van der Waals surface area (Å²) < 4.78 is 21.1. The third kappa shape index (κ3) is 4.56. The van der Waals surface area contributed by atoms with Gasteiger partial charge < -0.3 is 19.9 Å². The third-order valence-corrected chi connectivity index (χ3v) is 8.56. The number of nitrogens with zero attached hydrogens (tertiary/aromatic N) is 6. The molecule has 1 saturated carbocycles. The minimum absolute atomic E-state index is 0.0316. The van der Waals surface area contributed by atoms with Crippen LogP contribution in [0.25, 0.3) is 11.0 Å². The number of fused-ring (bicyclic) bond motifs is 4. The lowest BCUT2D eigenvalue weighted by atomic mass is 9.65. The molecule has 1 amide bonds. The highest BCUT2D eigenvalue weighted by Gasteiger charge is 2.43. The summed E-state index contributed by atoms with van der Waals surface area (Å²) in [4.78, 5) is 30.4. The molecule has 3 aromatic rings. The van der Waals surface area contributed by atoms with E-state index in [4.69, 9.17) is 21.3 Å². The number of hydrogen-bond acceptors (Lipinski definition) is 8. The van der Waals surface area contributed by atoms with Crippen LogP contribution in [-0.4, -0.2) is 56.7 Å². The average molecular weight is 564 g/mol. The number of anilines is 3. The Hall–Kier alpha value is -3.71. The third-order valence-electron chi connectivity index (χ3n) is 8.19. The Kier molecular flexibility index (Phi) is 6.45. The van der Waals surface area contributed by atoms with Gasteiger partial charge in [-0.25, -0.2) is 24.1 Å². The highest BCUT2D eigenvalue weighted by molar-refractivity contribution is 6.32. The SMILES string of the molecule is CC(C)(C)OC(=O)N1CC2CC[C@H]1CN2c1ccc2ncnc(Nc3ccc(C4(C#N)CCC4)c(Cl)c3F)c2n1. The molecule has 2 aromatic heterocycles. The number of piperidine rings is 2. The van der Waals surface area contributed by atoms with E-state index in [2.05, 4.69) is 26.3 Å². The van der Waals surface area contributed by atoms with Crippen molar-refractivity contribution in [3.8, 4) is 6.07 Å². The van der Waals surface area contributed by atoms with E-state index in [-0.39, 0.29) is 28.9 Å². The molecule has 1 N–H and O–H groups in total. The summed E-state index contributed by atoms with van der Waals surface area (Å²) in [5.41, 5.74) is 0.520. The number of nitriles is 1. The summed E-state index contributed by atoms with van der Waals surface area (Å²) >= 11 is 6.43. The second-order valence-corrected chi connectivity index (χ2v) is 12.3. The zero-order chi connectivity index (χ0) is 28.2. The van der Waals surface area contributed by atoms with Crippen LogP contribution >= 0.6 is 11.6 Å². The van der Waals surface area contributed by atoms with Crippen LogP contribution in [0.1, 0.15) is 58.4 Å². The first-order valence-corrected chi connectivity index (χ1v) is 14.0. The van der Waals surface area contributed by atoms with E-state index in [1.807, 2.05) is 37.8 Å². The lowest BCUT2D eigenvalue weighted by molar-refractivity contribution is 0.000790. The van der Waals surface area contributed by atoms with Crippen molar-refractivity contribution >= 4 is 46.1 Å². The van der Waals surface area contributed by atoms with Crippen molar-refractivity contribution in [3.63, 3.8) is 0 Å². The molecule has 0 radical (unpaired) electrons. The van der Waals surface area contributed by atoms with E-state index in [9.17, 15) is 10.1 Å². The first kappa shape index (κ1) is 26.5. The van der Waals surface area contributed by atoms with Gasteiger partial charge in [-0.3, -0.25) is 0 Å². The quantitative estimate of drug-likeness (QED) is 0.406. The highest BCUT2D eigenvalue weighted by Crippen LogP contribution is 2.47. The van der Waals surface area contributed by atoms with Gasteiger partial charge in [0.1, 0.15) is 23.3 Å². The molecule has 1 aromatic carbocycles. The number of aromatic nitrogens is 3. The lowest BCUT2D eigenvalue weighted by Gasteiger charge is -2.51. The number of amides is 1. The number of nitrogens with one attached hydrogen (secondary N) is 1. The molecule has 4 aliphatic rings. The van der Waals surface area contributed by atoms with Crippen molar-refractivity contribution in [3.05, 3.63) is 47.0 Å². The van der Waals surface area contributed by atoms with Gasteiger partial charge in [0.25, 0.3) is 0 Å². The predicted octanol–water partition coefficient (Wildman–Crippen LogP) is 6.09. The van der Waals surface area contributed by atoms with Crippen LogP contribution in [0.2, 0.25) is 5.02 Å². The van der Waals surface area contributed by atoms with Gasteiger partial charge in [-0.1, -0.05) is 17.7 Å². The molecule has 9 nitrogen and oxygen atoms in total. The Bertz CT molecular complexity index is 1530. The maximum atomic E-state index is 15.4. The van der Waals surface area contributed by atoms with Gasteiger partial charge in [-0.05, 0) is 76.6 Å². The fraction of sp³-hybridized carbons (Fsp3) is 0.483.